The van der Waals surface area contributed by atoms with E-state index in [0.717, 1.165) is 11.5 Å². The van der Waals surface area contributed by atoms with Crippen LogP contribution in [0.5, 0.6) is 11.5 Å². The molecule has 0 atom stereocenters. The topological polar surface area (TPSA) is 13.1 Å². The van der Waals surface area contributed by atoms with E-state index in [9.17, 15) is 0 Å². The minimum atomic E-state index is 0.351. The molecule has 37 heavy (non-hydrogen) atoms. The molecular formula is C35H36NO+. The molecule has 0 bridgehead atoms. The average molecular weight is 487 g/mol. The van der Waals surface area contributed by atoms with Gasteiger partial charge in [0.1, 0.15) is 18.5 Å². The highest BCUT2D eigenvalue weighted by molar-refractivity contribution is 6.17. The van der Waals surface area contributed by atoms with Crippen LogP contribution in [0.4, 0.5) is 0 Å². The van der Waals surface area contributed by atoms with E-state index in [1.165, 1.54) is 97.9 Å². The zero-order chi connectivity index (χ0) is 25.4. The lowest BCUT2D eigenvalue weighted by molar-refractivity contribution is -0.659. The van der Waals surface area contributed by atoms with Gasteiger partial charge < -0.3 is 4.74 Å². The highest BCUT2D eigenvalue weighted by Gasteiger charge is 2.34. The summed E-state index contributed by atoms with van der Waals surface area (Å²) < 4.78 is 9.36. The molecule has 2 aliphatic rings. The van der Waals surface area contributed by atoms with Crippen LogP contribution in [-0.4, -0.2) is 0 Å². The molecule has 0 spiro atoms. The van der Waals surface area contributed by atoms with Gasteiger partial charge in [-0.2, -0.15) is 0 Å². The number of hydrogen-bond acceptors (Lipinski definition) is 1. The van der Waals surface area contributed by atoms with Gasteiger partial charge in [0.15, 0.2) is 6.20 Å². The first-order chi connectivity index (χ1) is 17.9. The number of nitrogens with zero attached hydrogens (tertiary/aromatic N) is 1. The van der Waals surface area contributed by atoms with Gasteiger partial charge in [-0.3, -0.25) is 0 Å². The van der Waals surface area contributed by atoms with Crippen LogP contribution >= 0.6 is 0 Å². The van der Waals surface area contributed by atoms with E-state index >= 15 is 0 Å². The Morgan fingerprint density at radius 1 is 0.838 bits per heavy atom. The van der Waals surface area contributed by atoms with Crippen LogP contribution in [0.2, 0.25) is 0 Å². The summed E-state index contributed by atoms with van der Waals surface area (Å²) in [7, 11) is 2.19. The predicted molar refractivity (Wildman–Crippen MR) is 155 cm³/mol. The summed E-state index contributed by atoms with van der Waals surface area (Å²) in [5.41, 5.74) is 7.97. The number of ether oxygens (including phenoxy) is 1. The molecule has 0 amide bonds. The van der Waals surface area contributed by atoms with Crippen molar-refractivity contribution in [2.45, 2.75) is 71.6 Å². The van der Waals surface area contributed by atoms with Gasteiger partial charge >= 0.3 is 0 Å². The van der Waals surface area contributed by atoms with E-state index in [1.54, 1.807) is 0 Å². The second-order valence-electron chi connectivity index (χ2n) is 11.8. The maximum absolute atomic E-state index is 7.05. The fourth-order valence-electron chi connectivity index (χ4n) is 7.30. The van der Waals surface area contributed by atoms with Gasteiger partial charge in [0.05, 0.1) is 10.9 Å². The molecule has 1 aromatic heterocycles. The second-order valence-corrected chi connectivity index (χ2v) is 11.8. The number of aromatic nitrogens is 1. The first-order valence-corrected chi connectivity index (χ1v) is 14.1. The quantitative estimate of drug-likeness (QED) is 0.175. The summed E-state index contributed by atoms with van der Waals surface area (Å²) in [4.78, 5) is 0. The monoisotopic (exact) mass is 486 g/mol. The minimum absolute atomic E-state index is 0.351. The normalized spacial score (nSPS) is 15.5. The molecule has 7 rings (SSSR count). The summed E-state index contributed by atoms with van der Waals surface area (Å²) >= 11 is 0. The Labute approximate surface area is 219 Å². The minimum Gasteiger partial charge on any atom is -0.455 e. The lowest BCUT2D eigenvalue weighted by Gasteiger charge is -2.28. The smallest absolute Gasteiger partial charge is 0.228 e. The number of hydrogen-bond donors (Lipinski definition) is 0. The third kappa shape index (κ3) is 3.27. The van der Waals surface area contributed by atoms with Crippen LogP contribution < -0.4 is 9.30 Å². The summed E-state index contributed by atoms with van der Waals surface area (Å²) in [6, 6.07) is 18.5. The molecule has 2 heterocycles. The van der Waals surface area contributed by atoms with Crippen molar-refractivity contribution in [1.29, 1.82) is 0 Å². The van der Waals surface area contributed by atoms with Gasteiger partial charge in [-0.05, 0) is 77.3 Å². The van der Waals surface area contributed by atoms with Crippen molar-refractivity contribution in [1.82, 2.24) is 0 Å². The third-order valence-corrected chi connectivity index (χ3v) is 9.06. The van der Waals surface area contributed by atoms with Crippen LogP contribution in [0, 0.1) is 13.8 Å². The fraction of sp³-hybridized carbons (Fsp3) is 0.343. The largest absolute Gasteiger partial charge is 0.455 e. The van der Waals surface area contributed by atoms with Crippen molar-refractivity contribution >= 4 is 32.3 Å². The molecule has 1 saturated carbocycles. The molecule has 5 aromatic rings. The predicted octanol–water partition coefficient (Wildman–Crippen LogP) is 9.53. The van der Waals surface area contributed by atoms with E-state index in [2.05, 4.69) is 94.0 Å². The lowest BCUT2D eigenvalue weighted by atomic mass is 9.81. The Morgan fingerprint density at radius 3 is 2.43 bits per heavy atom. The van der Waals surface area contributed by atoms with Gasteiger partial charge in [0.2, 0.25) is 5.69 Å². The molecule has 2 nitrogen and oxygen atoms in total. The Morgan fingerprint density at radius 2 is 1.65 bits per heavy atom. The van der Waals surface area contributed by atoms with Crippen molar-refractivity contribution < 1.29 is 9.30 Å². The van der Waals surface area contributed by atoms with Crippen LogP contribution in [0.1, 0.15) is 80.0 Å². The van der Waals surface area contributed by atoms with Crippen LogP contribution in [0.25, 0.3) is 43.6 Å². The van der Waals surface area contributed by atoms with E-state index in [0.29, 0.717) is 11.8 Å². The molecule has 1 aliphatic heterocycles. The Kier molecular flexibility index (Phi) is 5.12. The van der Waals surface area contributed by atoms with Crippen molar-refractivity contribution in [2.24, 2.45) is 7.05 Å². The summed E-state index contributed by atoms with van der Waals surface area (Å²) in [6.45, 7) is 9.06. The Bertz CT molecular complexity index is 1740. The van der Waals surface area contributed by atoms with Gasteiger partial charge in [0.25, 0.3) is 0 Å². The first kappa shape index (κ1) is 22.8. The number of benzene rings is 4. The highest BCUT2D eigenvalue weighted by Crippen LogP contribution is 2.54. The Hall–Kier alpha value is -3.39. The van der Waals surface area contributed by atoms with Gasteiger partial charge in [-0.25, -0.2) is 4.57 Å². The second kappa shape index (κ2) is 8.31. The zero-order valence-corrected chi connectivity index (χ0v) is 22.7. The zero-order valence-electron chi connectivity index (χ0n) is 22.7. The highest BCUT2D eigenvalue weighted by atomic mass is 16.5. The van der Waals surface area contributed by atoms with Crippen LogP contribution in [0.15, 0.2) is 54.7 Å². The summed E-state index contributed by atoms with van der Waals surface area (Å²) in [5, 5.41) is 7.94. The standard InChI is InChI=1S/C35H36NO/c1-20(2)31-26-15-14-21(3)18-28(26)22(4)32-34-33-27(16-17-36(34)5)25-13-9-12-24(23-10-7-6-8-11-23)29(25)19-30(33)37-35(31)32/h9,12-20,23H,6-8,10-11H2,1-5H3/q+1. The summed E-state index contributed by atoms with van der Waals surface area (Å²) in [5.74, 6) is 3.06. The molecule has 1 fully saturated rings. The van der Waals surface area contributed by atoms with Crippen molar-refractivity contribution in [2.75, 3.05) is 0 Å². The van der Waals surface area contributed by atoms with E-state index < -0.39 is 0 Å². The number of rotatable bonds is 2. The number of pyridine rings is 1. The molecule has 186 valence electrons. The number of aryl methyl sites for hydroxylation is 3. The van der Waals surface area contributed by atoms with Crippen molar-refractivity contribution in [3.63, 3.8) is 0 Å². The molecular weight excluding hydrogens is 450 g/mol. The molecule has 1 aliphatic carbocycles. The molecule has 0 radical (unpaired) electrons. The number of fused-ring (bicyclic) bond motifs is 5. The maximum Gasteiger partial charge on any atom is 0.228 e. The van der Waals surface area contributed by atoms with E-state index in [1.807, 2.05) is 0 Å². The van der Waals surface area contributed by atoms with Gasteiger partial charge in [-0.15, -0.1) is 0 Å². The average Bonchev–Trinajstić information content (AvgIpc) is 2.90. The Balaban J connectivity index is 1.61. The van der Waals surface area contributed by atoms with E-state index in [-0.39, 0.29) is 0 Å². The molecule has 0 saturated heterocycles. The first-order valence-electron chi connectivity index (χ1n) is 14.1. The maximum atomic E-state index is 7.05. The molecule has 4 aromatic carbocycles. The molecule has 2 heteroatoms. The van der Waals surface area contributed by atoms with Gasteiger partial charge in [-0.1, -0.05) is 75.1 Å². The van der Waals surface area contributed by atoms with Crippen molar-refractivity contribution in [3.05, 3.63) is 77.0 Å². The van der Waals surface area contributed by atoms with Crippen LogP contribution in [0.3, 0.4) is 0 Å². The molecule has 0 unspecified atom stereocenters. The van der Waals surface area contributed by atoms with Gasteiger partial charge in [0, 0.05) is 17.0 Å². The van der Waals surface area contributed by atoms with Crippen molar-refractivity contribution in [3.8, 4) is 22.8 Å². The van der Waals surface area contributed by atoms with Crippen LogP contribution in [-0.2, 0) is 7.05 Å². The summed E-state index contributed by atoms with van der Waals surface area (Å²) in [6.07, 6.45) is 8.91. The third-order valence-electron chi connectivity index (χ3n) is 9.06. The molecule has 0 N–H and O–H groups in total. The SMILES string of the molecule is Cc1ccc2c(C(C)C)c3c(c(C)c2c1)-c1c2c(cc4c(C5CCCCC5)cccc4c2cc[n+]1C)O3. The fourth-order valence-corrected chi connectivity index (χ4v) is 7.30. The van der Waals surface area contributed by atoms with E-state index in [4.69, 9.17) is 4.74 Å². The lowest BCUT2D eigenvalue weighted by Crippen LogP contribution is -2.32.